The lowest BCUT2D eigenvalue weighted by Gasteiger charge is -2.41. The molecule has 2 fully saturated rings. The minimum atomic E-state index is -2.13. The molecule has 0 saturated carbocycles. The molecular formula is C50H67NO19. The third-order valence-corrected chi connectivity index (χ3v) is 14.2. The molecule has 0 radical (unpaired) electrons. The number of allylic oxidation sites excluding steroid dienone is 1. The van der Waals surface area contributed by atoms with Crippen molar-refractivity contribution in [3.05, 3.63) is 41.2 Å². The maximum absolute atomic E-state index is 14.4. The van der Waals surface area contributed by atoms with Crippen molar-refractivity contribution in [2.75, 3.05) is 12.1 Å². The van der Waals surface area contributed by atoms with Crippen molar-refractivity contribution in [2.45, 2.75) is 163 Å². The highest BCUT2D eigenvalue weighted by Gasteiger charge is 2.50. The van der Waals surface area contributed by atoms with Gasteiger partial charge in [-0.25, -0.2) is 0 Å². The number of aliphatic carboxylic acids is 1. The molecule has 20 heteroatoms. The van der Waals surface area contributed by atoms with Crippen molar-refractivity contribution in [1.82, 2.24) is 0 Å². The number of phenols is 3. The Hall–Kier alpha value is -5.51. The minimum Gasteiger partial charge on any atom is -0.507 e. The van der Waals surface area contributed by atoms with Gasteiger partial charge in [0.05, 0.1) is 65.3 Å². The van der Waals surface area contributed by atoms with Gasteiger partial charge in [0.15, 0.2) is 12.0 Å². The summed E-state index contributed by atoms with van der Waals surface area (Å²) in [5.74, 6) is -12.1. The molecule has 20 nitrogen and oxygen atoms in total. The summed E-state index contributed by atoms with van der Waals surface area (Å²) in [6, 6.07) is 1.02. The number of carboxylic acids is 1. The van der Waals surface area contributed by atoms with E-state index in [1.807, 2.05) is 0 Å². The van der Waals surface area contributed by atoms with Crippen molar-refractivity contribution >= 4 is 46.1 Å². The highest BCUT2D eigenvalue weighted by Crippen LogP contribution is 2.54. The SMILES string of the molecule is CC(=O)OC1C(C)C(OC2CC3OCOC3C(C)O2)C=COC2(C)Oc3c(C)c(O)c4c(O)c(cc(O)c4c3C2=O)NC(=O)C(C)=CCCC(C(C)OC(=O)C(C)(C)CC(=O)O)C(O)C(C)C(O)C1C. The number of ether oxygens (including phenoxy) is 8. The molecule has 5 bridgehead atoms. The van der Waals surface area contributed by atoms with Crippen LogP contribution in [-0.4, -0.2) is 128 Å². The van der Waals surface area contributed by atoms with Gasteiger partial charge in [0, 0.05) is 66.5 Å². The van der Waals surface area contributed by atoms with Gasteiger partial charge in [-0.1, -0.05) is 26.8 Å². The van der Waals surface area contributed by atoms with Gasteiger partial charge in [0.2, 0.25) is 0 Å². The summed E-state index contributed by atoms with van der Waals surface area (Å²) in [6.45, 7) is 16.6. The molecule has 5 heterocycles. The van der Waals surface area contributed by atoms with Crippen molar-refractivity contribution in [3.63, 3.8) is 0 Å². The van der Waals surface area contributed by atoms with Crippen molar-refractivity contribution < 1.29 is 92.5 Å². The maximum atomic E-state index is 14.4. The van der Waals surface area contributed by atoms with Crippen LogP contribution in [0.5, 0.6) is 23.0 Å². The van der Waals surface area contributed by atoms with E-state index in [9.17, 15) is 54.6 Å². The van der Waals surface area contributed by atoms with E-state index < -0.39 is 131 Å². The van der Waals surface area contributed by atoms with E-state index >= 15 is 0 Å². The second-order valence-corrected chi connectivity index (χ2v) is 19.9. The van der Waals surface area contributed by atoms with E-state index in [2.05, 4.69) is 5.32 Å². The van der Waals surface area contributed by atoms with Crippen LogP contribution in [0.3, 0.4) is 0 Å². The first-order chi connectivity index (χ1) is 32.7. The zero-order valence-corrected chi connectivity index (χ0v) is 41.3. The van der Waals surface area contributed by atoms with Gasteiger partial charge >= 0.3 is 23.7 Å². The molecule has 70 heavy (non-hydrogen) atoms. The molecule has 386 valence electrons. The standard InChI is InChI=1S/C50H67NO19/c1-21-13-12-14-29(26(6)67-48(62)49(9,10)19-34(54)55)40(57)23(3)39(56)24(4)43(68-28(8)52)22(2)32(69-35-18-33-45(27(7)66-35)64-20-63-33)15-16-65-50(11)46(60)38-36-31(53)17-30(51-47(21)61)42(59)37(36)41(58)25(5)44(38)70-50/h13,15-17,22-24,26-27,29,32-33,35,39-40,43,45,53,56-59H,12,14,18-20H2,1-11H3,(H,51,61)(H,54,55). The molecule has 7 N–H and O–H groups in total. The van der Waals surface area contributed by atoms with E-state index in [1.165, 1.54) is 60.6 Å². The molecule has 0 aromatic heterocycles. The number of aliphatic hydroxyl groups is 2. The first-order valence-electron chi connectivity index (χ1n) is 23.5. The number of fused-ring (bicyclic) bond motifs is 16. The van der Waals surface area contributed by atoms with Gasteiger partial charge in [-0.2, -0.15) is 0 Å². The second-order valence-electron chi connectivity index (χ2n) is 19.9. The van der Waals surface area contributed by atoms with Gasteiger partial charge < -0.3 is 73.9 Å². The zero-order chi connectivity index (χ0) is 51.9. The second kappa shape index (κ2) is 21.1. The topological polar surface area (TPSA) is 293 Å². The third kappa shape index (κ3) is 10.9. The maximum Gasteiger partial charge on any atom is 0.312 e. The Morgan fingerprint density at radius 3 is 2.31 bits per heavy atom. The Balaban J connectivity index is 1.45. The number of rotatable bonds is 8. The van der Waals surface area contributed by atoms with Gasteiger partial charge in [-0.3, -0.25) is 24.0 Å². The van der Waals surface area contributed by atoms with Crippen molar-refractivity contribution in [3.8, 4) is 23.0 Å². The molecular weight excluding hydrogens is 919 g/mol. The third-order valence-electron chi connectivity index (χ3n) is 14.2. The number of nitrogens with one attached hydrogen (secondary N) is 1. The highest BCUT2D eigenvalue weighted by molar-refractivity contribution is 6.21. The number of carbonyl (C=O) groups is 5. The number of hydrogen-bond acceptors (Lipinski definition) is 18. The van der Waals surface area contributed by atoms with Gasteiger partial charge in [0.1, 0.15) is 42.4 Å². The molecule has 14 unspecified atom stereocenters. The zero-order valence-electron chi connectivity index (χ0n) is 41.3. The van der Waals surface area contributed by atoms with Crippen LogP contribution in [0, 0.1) is 36.0 Å². The fraction of sp³-hybridized carbons (Fsp3) is 0.620. The lowest BCUT2D eigenvalue weighted by atomic mass is 9.76. The van der Waals surface area contributed by atoms with Gasteiger partial charge in [0.25, 0.3) is 11.7 Å². The number of hydrogen-bond donors (Lipinski definition) is 7. The van der Waals surface area contributed by atoms with Crippen LogP contribution in [0.15, 0.2) is 30.1 Å². The first-order valence-corrected chi connectivity index (χ1v) is 23.5. The molecule has 2 saturated heterocycles. The number of esters is 2. The number of carboxylic acid groups (broad SMARTS) is 1. The normalized spacial score (nSPS) is 32.6. The summed E-state index contributed by atoms with van der Waals surface area (Å²) in [5.41, 5.74) is -1.85. The number of aliphatic hydroxyl groups excluding tert-OH is 2. The van der Waals surface area contributed by atoms with E-state index in [4.69, 9.17) is 37.9 Å². The van der Waals surface area contributed by atoms with E-state index in [1.54, 1.807) is 27.7 Å². The number of amides is 1. The summed E-state index contributed by atoms with van der Waals surface area (Å²) in [5, 5.41) is 70.2. The predicted octanol–water partition coefficient (Wildman–Crippen LogP) is 5.64. The number of anilines is 1. The number of aromatic hydroxyl groups is 3. The molecule has 0 spiro atoms. The van der Waals surface area contributed by atoms with Crippen LogP contribution < -0.4 is 10.1 Å². The van der Waals surface area contributed by atoms with Crippen LogP contribution in [0.25, 0.3) is 10.8 Å². The largest absolute Gasteiger partial charge is 0.507 e. The molecule has 2 aromatic carbocycles. The predicted molar refractivity (Wildman–Crippen MR) is 247 cm³/mol. The fourth-order valence-electron chi connectivity index (χ4n) is 9.88. The Morgan fingerprint density at radius 1 is 0.971 bits per heavy atom. The Bertz CT molecular complexity index is 2410. The number of carbonyl (C=O) groups excluding carboxylic acids is 4. The molecule has 5 aliphatic heterocycles. The average Bonchev–Trinajstić information content (AvgIpc) is 3.86. The number of benzene rings is 2. The van der Waals surface area contributed by atoms with Crippen molar-refractivity contribution in [1.29, 1.82) is 0 Å². The minimum absolute atomic E-state index is 0.00911. The number of phenolic OH excluding ortho intramolecular Hbond substituents is 3. The Labute approximate surface area is 405 Å². The molecule has 14 atom stereocenters. The van der Waals surface area contributed by atoms with E-state index in [0.717, 1.165) is 12.3 Å². The molecule has 1 amide bonds. The van der Waals surface area contributed by atoms with E-state index in [0.29, 0.717) is 0 Å². The summed E-state index contributed by atoms with van der Waals surface area (Å²) in [4.78, 5) is 65.9. The summed E-state index contributed by atoms with van der Waals surface area (Å²) in [7, 11) is 0. The summed E-state index contributed by atoms with van der Waals surface area (Å²) in [6.07, 6.45) is -4.23. The molecule has 2 aromatic rings. The van der Waals surface area contributed by atoms with Crippen LogP contribution >= 0.6 is 0 Å². The summed E-state index contributed by atoms with van der Waals surface area (Å²) < 4.78 is 48.3. The highest BCUT2D eigenvalue weighted by atomic mass is 16.7. The average molecular weight is 986 g/mol. The van der Waals surface area contributed by atoms with Crippen LogP contribution in [0.1, 0.15) is 111 Å². The van der Waals surface area contributed by atoms with Crippen LogP contribution in [0.4, 0.5) is 5.69 Å². The number of Topliss-reactive ketones (excluding diaryl/α,β-unsaturated/α-hetero) is 1. The summed E-state index contributed by atoms with van der Waals surface area (Å²) >= 11 is 0. The number of ketones is 1. The van der Waals surface area contributed by atoms with E-state index in [-0.39, 0.29) is 77.2 Å². The molecule has 7 rings (SSSR count). The van der Waals surface area contributed by atoms with Gasteiger partial charge in [-0.15, -0.1) is 0 Å². The fourth-order valence-corrected chi connectivity index (χ4v) is 9.88. The smallest absolute Gasteiger partial charge is 0.312 e. The molecule has 0 aliphatic carbocycles. The quantitative estimate of drug-likeness (QED) is 0.0957. The monoisotopic (exact) mass is 985 g/mol. The Morgan fingerprint density at radius 2 is 1.66 bits per heavy atom. The van der Waals surface area contributed by atoms with Crippen molar-refractivity contribution in [2.24, 2.45) is 29.1 Å². The van der Waals surface area contributed by atoms with Crippen LogP contribution in [0.2, 0.25) is 0 Å². The van der Waals surface area contributed by atoms with Gasteiger partial charge in [-0.05, 0) is 60.5 Å². The van der Waals surface area contributed by atoms with Crippen LogP contribution in [-0.2, 0) is 52.3 Å². The first kappa shape index (κ1) is 53.8. The molecule has 5 aliphatic rings. The lowest BCUT2D eigenvalue weighted by molar-refractivity contribution is -0.246. The Kier molecular flexibility index (Phi) is 16.2. The lowest BCUT2D eigenvalue weighted by Crippen LogP contribution is -2.50.